The standard InChI is InChI=1S/C22H25FN2O5S/c1-15-7-11-19(12-8-15)31(28,29)24-16(2)22(27)30-14-21(26)25(18-9-10-18)13-17-5-3-4-6-20(17)23/h3-8,11-12,16,18,24H,9-10,13-14H2,1-2H3/t16-/m0/s1. The molecule has 0 spiro atoms. The van der Waals surface area contributed by atoms with Gasteiger partial charge >= 0.3 is 5.97 Å². The molecule has 1 saturated carbocycles. The van der Waals surface area contributed by atoms with Crippen molar-refractivity contribution in [2.45, 2.75) is 50.2 Å². The van der Waals surface area contributed by atoms with Crippen LogP contribution in [0.25, 0.3) is 0 Å². The van der Waals surface area contributed by atoms with Crippen molar-refractivity contribution in [1.82, 2.24) is 9.62 Å². The predicted octanol–water partition coefficient (Wildman–Crippen LogP) is 2.54. The lowest BCUT2D eigenvalue weighted by molar-refractivity contribution is -0.153. The van der Waals surface area contributed by atoms with E-state index < -0.39 is 40.4 Å². The van der Waals surface area contributed by atoms with E-state index in [-0.39, 0.29) is 17.5 Å². The second kappa shape index (κ2) is 9.57. The molecular formula is C22H25FN2O5S. The summed E-state index contributed by atoms with van der Waals surface area (Å²) in [6.45, 7) is 2.72. The highest BCUT2D eigenvalue weighted by Gasteiger charge is 2.34. The zero-order chi connectivity index (χ0) is 22.6. The molecule has 0 unspecified atom stereocenters. The molecule has 1 aliphatic carbocycles. The number of hydrogen-bond acceptors (Lipinski definition) is 5. The average molecular weight is 449 g/mol. The Balaban J connectivity index is 1.56. The Morgan fingerprint density at radius 3 is 2.42 bits per heavy atom. The highest BCUT2D eigenvalue weighted by atomic mass is 32.2. The molecule has 0 aliphatic heterocycles. The topological polar surface area (TPSA) is 92.8 Å². The first kappa shape index (κ1) is 22.9. The number of nitrogens with one attached hydrogen (secondary N) is 1. The van der Waals surface area contributed by atoms with Gasteiger partial charge in [0.25, 0.3) is 5.91 Å². The Morgan fingerprint density at radius 1 is 1.16 bits per heavy atom. The summed E-state index contributed by atoms with van der Waals surface area (Å²) in [5.74, 6) is -1.73. The van der Waals surface area contributed by atoms with E-state index in [1.165, 1.54) is 30.0 Å². The van der Waals surface area contributed by atoms with Gasteiger partial charge in [-0.2, -0.15) is 4.72 Å². The SMILES string of the molecule is Cc1ccc(S(=O)(=O)N[C@@H](C)C(=O)OCC(=O)N(Cc2ccccc2F)C2CC2)cc1. The van der Waals surface area contributed by atoms with E-state index in [4.69, 9.17) is 4.74 Å². The largest absolute Gasteiger partial charge is 0.454 e. The van der Waals surface area contributed by atoms with E-state index in [1.807, 2.05) is 6.92 Å². The molecule has 166 valence electrons. The van der Waals surface area contributed by atoms with Crippen molar-refractivity contribution in [2.24, 2.45) is 0 Å². The Labute approximate surface area is 181 Å². The maximum absolute atomic E-state index is 13.9. The summed E-state index contributed by atoms with van der Waals surface area (Å²) in [4.78, 5) is 26.4. The van der Waals surface area contributed by atoms with Crippen LogP contribution in [0.4, 0.5) is 4.39 Å². The first-order valence-electron chi connectivity index (χ1n) is 9.96. The summed E-state index contributed by atoms with van der Waals surface area (Å²) in [5, 5.41) is 0. The van der Waals surface area contributed by atoms with Gasteiger partial charge in [0, 0.05) is 18.2 Å². The predicted molar refractivity (Wildman–Crippen MR) is 112 cm³/mol. The van der Waals surface area contributed by atoms with Gasteiger partial charge in [-0.3, -0.25) is 9.59 Å². The molecule has 0 radical (unpaired) electrons. The van der Waals surface area contributed by atoms with Crippen LogP contribution >= 0.6 is 0 Å². The number of nitrogens with zero attached hydrogens (tertiary/aromatic N) is 1. The van der Waals surface area contributed by atoms with Crippen molar-refractivity contribution in [1.29, 1.82) is 0 Å². The monoisotopic (exact) mass is 448 g/mol. The number of amides is 1. The summed E-state index contributed by atoms with van der Waals surface area (Å²) >= 11 is 0. The van der Waals surface area contributed by atoms with Crippen LogP contribution in [0.5, 0.6) is 0 Å². The highest BCUT2D eigenvalue weighted by molar-refractivity contribution is 7.89. The van der Waals surface area contributed by atoms with E-state index in [9.17, 15) is 22.4 Å². The van der Waals surface area contributed by atoms with Crippen LogP contribution in [-0.2, 0) is 30.9 Å². The van der Waals surface area contributed by atoms with Gasteiger partial charge in [-0.05, 0) is 44.9 Å². The van der Waals surface area contributed by atoms with Gasteiger partial charge in [-0.1, -0.05) is 35.9 Å². The molecule has 2 aromatic rings. The molecule has 31 heavy (non-hydrogen) atoms. The maximum atomic E-state index is 13.9. The highest BCUT2D eigenvalue weighted by Crippen LogP contribution is 2.29. The average Bonchev–Trinajstić information content (AvgIpc) is 3.56. The second-order valence-electron chi connectivity index (χ2n) is 7.61. The van der Waals surface area contributed by atoms with Crippen molar-refractivity contribution in [2.75, 3.05) is 6.61 Å². The van der Waals surface area contributed by atoms with Crippen molar-refractivity contribution in [3.63, 3.8) is 0 Å². The van der Waals surface area contributed by atoms with Gasteiger partial charge in [0.15, 0.2) is 6.61 Å². The lowest BCUT2D eigenvalue weighted by atomic mass is 10.2. The van der Waals surface area contributed by atoms with Crippen LogP contribution in [0.1, 0.15) is 30.9 Å². The Bertz CT molecular complexity index is 1050. The zero-order valence-corrected chi connectivity index (χ0v) is 18.2. The Kier molecular flexibility index (Phi) is 7.07. The maximum Gasteiger partial charge on any atom is 0.324 e. The van der Waals surface area contributed by atoms with Crippen molar-refractivity contribution in [3.8, 4) is 0 Å². The molecule has 0 aromatic heterocycles. The molecule has 0 bridgehead atoms. The second-order valence-corrected chi connectivity index (χ2v) is 9.32. The molecule has 3 rings (SSSR count). The molecule has 1 fully saturated rings. The van der Waals surface area contributed by atoms with E-state index >= 15 is 0 Å². The molecule has 7 nitrogen and oxygen atoms in total. The van der Waals surface area contributed by atoms with E-state index in [0.29, 0.717) is 5.56 Å². The lowest BCUT2D eigenvalue weighted by Gasteiger charge is -2.23. The van der Waals surface area contributed by atoms with Crippen molar-refractivity contribution < 1.29 is 27.1 Å². The smallest absolute Gasteiger partial charge is 0.324 e. The molecule has 1 amide bonds. The fourth-order valence-corrected chi connectivity index (χ4v) is 4.22. The number of carbonyl (C=O) groups is 2. The van der Waals surface area contributed by atoms with Crippen LogP contribution in [0.15, 0.2) is 53.4 Å². The third-order valence-electron chi connectivity index (χ3n) is 4.96. The number of halogens is 1. The first-order valence-corrected chi connectivity index (χ1v) is 11.4. The molecule has 1 atom stereocenters. The molecule has 2 aromatic carbocycles. The third-order valence-corrected chi connectivity index (χ3v) is 6.52. The molecular weight excluding hydrogens is 423 g/mol. The molecule has 0 heterocycles. The summed E-state index contributed by atoms with van der Waals surface area (Å²) in [5.41, 5.74) is 1.29. The van der Waals surface area contributed by atoms with E-state index in [2.05, 4.69) is 4.72 Å². The zero-order valence-electron chi connectivity index (χ0n) is 17.4. The lowest BCUT2D eigenvalue weighted by Crippen LogP contribution is -2.42. The summed E-state index contributed by atoms with van der Waals surface area (Å²) < 4.78 is 46.1. The molecule has 1 aliphatic rings. The Hall–Kier alpha value is -2.78. The number of hydrogen-bond donors (Lipinski definition) is 1. The summed E-state index contributed by atoms with van der Waals surface area (Å²) in [6.07, 6.45) is 1.61. The summed E-state index contributed by atoms with van der Waals surface area (Å²) in [6, 6.07) is 11.2. The first-order chi connectivity index (χ1) is 14.7. The third kappa shape index (κ3) is 6.11. The van der Waals surface area contributed by atoms with Crippen LogP contribution < -0.4 is 4.72 Å². The minimum atomic E-state index is -3.91. The van der Waals surface area contributed by atoms with Crippen LogP contribution in [0.3, 0.4) is 0 Å². The van der Waals surface area contributed by atoms with Gasteiger partial charge in [0.2, 0.25) is 10.0 Å². The number of sulfonamides is 1. The van der Waals surface area contributed by atoms with Crippen molar-refractivity contribution >= 4 is 21.9 Å². The van der Waals surface area contributed by atoms with Gasteiger partial charge in [-0.15, -0.1) is 0 Å². The van der Waals surface area contributed by atoms with Gasteiger partial charge in [0.05, 0.1) is 4.90 Å². The quantitative estimate of drug-likeness (QED) is 0.595. The number of esters is 1. The van der Waals surface area contributed by atoms with Crippen molar-refractivity contribution in [3.05, 3.63) is 65.5 Å². The minimum absolute atomic E-state index is 0.0109. The number of carbonyl (C=O) groups excluding carboxylic acids is 2. The molecule has 1 N–H and O–H groups in total. The number of aryl methyl sites for hydroxylation is 1. The molecule has 9 heteroatoms. The van der Waals surface area contributed by atoms with Gasteiger partial charge < -0.3 is 9.64 Å². The Morgan fingerprint density at radius 2 is 1.81 bits per heavy atom. The summed E-state index contributed by atoms with van der Waals surface area (Å²) in [7, 11) is -3.91. The van der Waals surface area contributed by atoms with Gasteiger partial charge in [0.1, 0.15) is 11.9 Å². The van der Waals surface area contributed by atoms with Gasteiger partial charge in [-0.25, -0.2) is 12.8 Å². The van der Waals surface area contributed by atoms with E-state index in [0.717, 1.165) is 18.4 Å². The van der Waals surface area contributed by atoms with Crippen LogP contribution in [-0.4, -0.2) is 43.9 Å². The fraction of sp³-hybridized carbons (Fsp3) is 0.364. The number of benzene rings is 2. The van der Waals surface area contributed by atoms with Crippen LogP contribution in [0, 0.1) is 12.7 Å². The molecule has 0 saturated heterocycles. The normalized spacial score (nSPS) is 14.7. The minimum Gasteiger partial charge on any atom is -0.454 e. The van der Waals surface area contributed by atoms with Crippen LogP contribution in [0.2, 0.25) is 0 Å². The number of rotatable bonds is 9. The number of ether oxygens (including phenoxy) is 1. The van der Waals surface area contributed by atoms with E-state index in [1.54, 1.807) is 30.3 Å². The fourth-order valence-electron chi connectivity index (χ4n) is 3.02.